The second-order valence-corrected chi connectivity index (χ2v) is 14.2. The van der Waals surface area contributed by atoms with Crippen molar-refractivity contribution in [2.24, 2.45) is 52.3 Å². The Labute approximate surface area is 207 Å². The van der Waals surface area contributed by atoms with Gasteiger partial charge < -0.3 is 10.4 Å². The maximum absolute atomic E-state index is 11.6. The molecule has 0 spiro atoms. The monoisotopic (exact) mass is 499 g/mol. The molecule has 3 nitrogen and oxygen atoms in total. The second kappa shape index (κ2) is 8.87. The van der Waals surface area contributed by atoms with Crippen molar-refractivity contribution in [2.45, 2.75) is 110 Å². The normalized spacial score (nSPS) is 53.2. The average Bonchev–Trinajstić information content (AvgIpc) is 3.24. The molecule has 180 valence electrons. The molecule has 11 unspecified atom stereocenters. The van der Waals surface area contributed by atoms with Crippen LogP contribution >= 0.6 is 0 Å². The molecule has 2 radical (unpaired) electrons. The van der Waals surface area contributed by atoms with Gasteiger partial charge in [0, 0.05) is 0 Å². The minimum absolute atomic E-state index is 0.383. The Morgan fingerprint density at radius 3 is 2.53 bits per heavy atom. The van der Waals surface area contributed by atoms with E-state index in [9.17, 15) is 5.11 Å². The summed E-state index contributed by atoms with van der Waals surface area (Å²) >= 11 is 1.46. The van der Waals surface area contributed by atoms with E-state index < -0.39 is 0 Å². The summed E-state index contributed by atoms with van der Waals surface area (Å²) in [6.07, 6.45) is 16.1. The van der Waals surface area contributed by atoms with Gasteiger partial charge in [0.05, 0.1) is 0 Å². The molecule has 0 saturated heterocycles. The Hall–Kier alpha value is 0.516. The molecule has 11 atom stereocenters. The molecule has 0 bridgehead atoms. The van der Waals surface area contributed by atoms with Crippen molar-refractivity contribution in [3.05, 3.63) is 0 Å². The van der Waals surface area contributed by atoms with E-state index in [2.05, 4.69) is 26.1 Å². The summed E-state index contributed by atoms with van der Waals surface area (Å²) in [5.41, 5.74) is 0.669. The quantitative estimate of drug-likeness (QED) is 0.474. The van der Waals surface area contributed by atoms with Gasteiger partial charge in [0.2, 0.25) is 0 Å². The van der Waals surface area contributed by atoms with Crippen LogP contribution in [-0.2, 0) is 3.53 Å². The molecule has 0 aromatic carbocycles. The molecule has 4 heteroatoms. The average molecular weight is 500 g/mol. The zero-order chi connectivity index (χ0) is 22.7. The Morgan fingerprint density at radius 1 is 1.00 bits per heavy atom. The fourth-order valence-electron chi connectivity index (χ4n) is 10.4. The first-order valence-electron chi connectivity index (χ1n) is 13.9. The van der Waals surface area contributed by atoms with E-state index in [1.54, 1.807) is 0 Å². The molecular formula is C28H48GaNO2. The van der Waals surface area contributed by atoms with E-state index >= 15 is 0 Å². The van der Waals surface area contributed by atoms with E-state index in [4.69, 9.17) is 3.53 Å². The van der Waals surface area contributed by atoms with Crippen LogP contribution in [0.2, 0.25) is 0 Å². The molecule has 5 saturated carbocycles. The van der Waals surface area contributed by atoms with Gasteiger partial charge in [-0.3, -0.25) is 0 Å². The molecule has 5 fully saturated rings. The number of aliphatic hydroxyl groups is 1. The third-order valence-corrected chi connectivity index (χ3v) is 12.9. The Morgan fingerprint density at radius 2 is 1.78 bits per heavy atom. The van der Waals surface area contributed by atoms with Gasteiger partial charge >= 0.3 is 159 Å². The SMILES string of the molecule is CNCC(C)CCC1(O)CC2CC3C4CCC5CC([O][Ga])CCC5(C)C4CCC3(C)C2C1. The molecule has 32 heavy (non-hydrogen) atoms. The van der Waals surface area contributed by atoms with Crippen molar-refractivity contribution in [1.29, 1.82) is 0 Å². The predicted molar refractivity (Wildman–Crippen MR) is 131 cm³/mol. The maximum atomic E-state index is 11.6. The van der Waals surface area contributed by atoms with Gasteiger partial charge in [0.25, 0.3) is 0 Å². The van der Waals surface area contributed by atoms with Crippen LogP contribution in [0, 0.1) is 52.3 Å². The van der Waals surface area contributed by atoms with Crippen LogP contribution in [0.5, 0.6) is 0 Å². The van der Waals surface area contributed by atoms with E-state index in [0.717, 1.165) is 67.7 Å². The topological polar surface area (TPSA) is 41.5 Å². The van der Waals surface area contributed by atoms with E-state index in [1.165, 1.54) is 70.3 Å². The molecule has 0 amide bonds. The number of nitrogens with one attached hydrogen (secondary N) is 1. The fraction of sp³-hybridized carbons (Fsp3) is 1.00. The van der Waals surface area contributed by atoms with Crippen LogP contribution < -0.4 is 5.32 Å². The Balaban J connectivity index is 1.28. The first kappa shape index (κ1) is 24.2. The van der Waals surface area contributed by atoms with Crippen molar-refractivity contribution in [3.63, 3.8) is 0 Å². The molecule has 5 aliphatic carbocycles. The van der Waals surface area contributed by atoms with Crippen molar-refractivity contribution >= 4 is 19.0 Å². The Kier molecular flexibility index (Phi) is 6.72. The number of rotatable bonds is 6. The summed E-state index contributed by atoms with van der Waals surface area (Å²) in [4.78, 5) is 0. The third-order valence-electron chi connectivity index (χ3n) is 12.1. The van der Waals surface area contributed by atoms with Gasteiger partial charge in [0.1, 0.15) is 0 Å². The van der Waals surface area contributed by atoms with Crippen LogP contribution in [-0.4, -0.2) is 49.4 Å². The summed E-state index contributed by atoms with van der Waals surface area (Å²) in [6, 6.07) is 0. The van der Waals surface area contributed by atoms with Crippen LogP contribution in [0.15, 0.2) is 0 Å². The number of hydrogen-bond donors (Lipinski definition) is 2. The van der Waals surface area contributed by atoms with E-state index in [-0.39, 0.29) is 5.60 Å². The molecule has 5 rings (SSSR count). The number of hydrogen-bond acceptors (Lipinski definition) is 3. The van der Waals surface area contributed by atoms with Gasteiger partial charge in [0.15, 0.2) is 0 Å². The summed E-state index contributed by atoms with van der Waals surface area (Å²) in [5.74, 6) is 5.93. The molecule has 0 aromatic rings. The van der Waals surface area contributed by atoms with Gasteiger partial charge in [-0.15, -0.1) is 0 Å². The van der Waals surface area contributed by atoms with Gasteiger partial charge in [-0.1, -0.05) is 6.92 Å². The van der Waals surface area contributed by atoms with Crippen LogP contribution in [0.4, 0.5) is 0 Å². The van der Waals surface area contributed by atoms with E-state index in [1.807, 2.05) is 7.05 Å². The van der Waals surface area contributed by atoms with Crippen molar-refractivity contribution in [1.82, 2.24) is 5.32 Å². The molecule has 0 aliphatic heterocycles. The van der Waals surface area contributed by atoms with E-state index in [0.29, 0.717) is 22.9 Å². The summed E-state index contributed by atoms with van der Waals surface area (Å²) < 4.78 is 5.86. The van der Waals surface area contributed by atoms with Crippen LogP contribution in [0.1, 0.15) is 97.8 Å². The zero-order valence-electron chi connectivity index (χ0n) is 21.2. The molecular weight excluding hydrogens is 452 g/mol. The fourth-order valence-corrected chi connectivity index (χ4v) is 10.9. The summed E-state index contributed by atoms with van der Waals surface area (Å²) in [7, 11) is 2.04. The summed E-state index contributed by atoms with van der Waals surface area (Å²) in [6.45, 7) is 8.73. The van der Waals surface area contributed by atoms with Crippen LogP contribution in [0.25, 0.3) is 0 Å². The molecule has 2 N–H and O–H groups in total. The van der Waals surface area contributed by atoms with Crippen molar-refractivity contribution < 1.29 is 8.64 Å². The number of fused-ring (bicyclic) bond motifs is 7. The Bertz CT molecular complexity index is 688. The predicted octanol–water partition coefficient (Wildman–Crippen LogP) is 5.50. The molecule has 0 aromatic heterocycles. The second-order valence-electron chi connectivity index (χ2n) is 13.7. The van der Waals surface area contributed by atoms with Crippen molar-refractivity contribution in [2.75, 3.05) is 13.6 Å². The first-order chi connectivity index (χ1) is 15.2. The molecule has 0 heterocycles. The zero-order valence-corrected chi connectivity index (χ0v) is 23.7. The standard InChI is InChI=1S/C28H48NO2.Ga/c1-18(17-29-4)7-12-28(31)15-19-13-24-22-6-5-20-14-21(30)8-10-26(20,2)23(22)9-11-27(24,3)25(19)16-28;/h18-25,29,31H,5-17H2,1-4H3;/q-1;+1. The van der Waals surface area contributed by atoms with Crippen LogP contribution in [0.3, 0.4) is 0 Å². The summed E-state index contributed by atoms with van der Waals surface area (Å²) in [5, 5.41) is 14.9. The minimum atomic E-state index is -0.383. The first-order valence-corrected chi connectivity index (χ1v) is 14.9. The van der Waals surface area contributed by atoms with Crippen molar-refractivity contribution in [3.8, 4) is 0 Å². The van der Waals surface area contributed by atoms with Gasteiger partial charge in [-0.05, 0) is 32.4 Å². The van der Waals surface area contributed by atoms with Gasteiger partial charge in [-0.2, -0.15) is 0 Å². The molecule has 5 aliphatic rings. The third kappa shape index (κ3) is 3.90. The van der Waals surface area contributed by atoms with Gasteiger partial charge in [-0.25, -0.2) is 0 Å².